The van der Waals surface area contributed by atoms with E-state index in [-0.39, 0.29) is 13.2 Å². The summed E-state index contributed by atoms with van der Waals surface area (Å²) in [5.74, 6) is -0.417. The largest absolute Gasteiger partial charge is 0.516 e. The molecule has 0 aliphatic rings. The number of nitrogens with two attached hydrogens (primary N) is 2. The van der Waals surface area contributed by atoms with E-state index in [0.29, 0.717) is 31.6 Å². The van der Waals surface area contributed by atoms with E-state index in [1.165, 1.54) is 0 Å². The van der Waals surface area contributed by atoms with Crippen molar-refractivity contribution in [2.24, 2.45) is 16.5 Å². The van der Waals surface area contributed by atoms with E-state index in [4.69, 9.17) is 16.7 Å². The number of esters is 1. The number of nitrogens with zero attached hydrogens (tertiary/aromatic N) is 1. The molecule has 0 radical (unpaired) electrons. The van der Waals surface area contributed by atoms with E-state index in [0.717, 1.165) is 0 Å². The Bertz CT molecular complexity index is 335. The van der Waals surface area contributed by atoms with Crippen molar-refractivity contribution in [1.82, 2.24) is 5.48 Å². The van der Waals surface area contributed by atoms with E-state index in [2.05, 4.69) is 14.5 Å². The second kappa shape index (κ2) is 11.1. The van der Waals surface area contributed by atoms with Crippen molar-refractivity contribution in [1.29, 1.82) is 0 Å². The number of nitrogens with one attached hydrogen (secondary N) is 1. The summed E-state index contributed by atoms with van der Waals surface area (Å²) < 4.78 is 8.86. The highest BCUT2D eigenvalue weighted by molar-refractivity contribution is 5.85. The van der Waals surface area contributed by atoms with Gasteiger partial charge in [0.05, 0.1) is 0 Å². The third-order valence-electron chi connectivity index (χ3n) is 2.26. The zero-order valence-corrected chi connectivity index (χ0v) is 11.5. The molecule has 1 atom stereocenters. The van der Waals surface area contributed by atoms with Crippen LogP contribution < -0.4 is 16.9 Å². The standard InChI is InChI=1S/C11H22N4O5/c1-8(15-18)14-6-3-2-4-9(13)10(16)20-11(17)19-7-5-12/h9,18H,2-7,12-13H2,1H3,(H,14,15)/t9-/m0/s1. The second-order valence-corrected chi connectivity index (χ2v) is 3.99. The van der Waals surface area contributed by atoms with E-state index < -0.39 is 18.2 Å². The van der Waals surface area contributed by atoms with Gasteiger partial charge < -0.3 is 20.9 Å². The number of carbonyl (C=O) groups is 2. The number of carbonyl (C=O) groups excluding carboxylic acids is 2. The van der Waals surface area contributed by atoms with Gasteiger partial charge in [-0.25, -0.2) is 9.59 Å². The minimum atomic E-state index is -1.09. The van der Waals surface area contributed by atoms with Gasteiger partial charge >= 0.3 is 12.1 Å². The van der Waals surface area contributed by atoms with E-state index in [9.17, 15) is 9.59 Å². The number of ether oxygens (including phenoxy) is 2. The van der Waals surface area contributed by atoms with Crippen LogP contribution in [0.1, 0.15) is 26.2 Å². The number of hydroxylamine groups is 1. The van der Waals surface area contributed by atoms with Crippen molar-refractivity contribution in [3.05, 3.63) is 0 Å². The molecule has 0 rings (SSSR count). The summed E-state index contributed by atoms with van der Waals surface area (Å²) in [6.45, 7) is 2.26. The molecule has 0 spiro atoms. The maximum Gasteiger partial charge on any atom is 0.516 e. The number of amidine groups is 1. The van der Waals surface area contributed by atoms with Gasteiger partial charge in [-0.1, -0.05) is 0 Å². The minimum Gasteiger partial charge on any atom is -0.433 e. The maximum absolute atomic E-state index is 11.4. The van der Waals surface area contributed by atoms with Crippen LogP contribution in [0.3, 0.4) is 0 Å². The third kappa shape index (κ3) is 9.25. The van der Waals surface area contributed by atoms with Gasteiger partial charge in [-0.15, -0.1) is 0 Å². The molecule has 0 unspecified atom stereocenters. The molecule has 0 saturated heterocycles. The van der Waals surface area contributed by atoms with Crippen molar-refractivity contribution < 1.29 is 24.3 Å². The van der Waals surface area contributed by atoms with Gasteiger partial charge in [-0.3, -0.25) is 15.7 Å². The Hall–Kier alpha value is -1.71. The van der Waals surface area contributed by atoms with Gasteiger partial charge in [-0.05, 0) is 26.2 Å². The van der Waals surface area contributed by atoms with Gasteiger partial charge in [0, 0.05) is 13.1 Å². The summed E-state index contributed by atoms with van der Waals surface area (Å²) >= 11 is 0. The fourth-order valence-corrected chi connectivity index (χ4v) is 1.21. The zero-order chi connectivity index (χ0) is 15.4. The van der Waals surface area contributed by atoms with Crippen molar-refractivity contribution in [3.63, 3.8) is 0 Å². The van der Waals surface area contributed by atoms with Gasteiger partial charge in [0.2, 0.25) is 0 Å². The summed E-state index contributed by atoms with van der Waals surface area (Å²) in [5, 5.41) is 8.48. The summed E-state index contributed by atoms with van der Waals surface area (Å²) in [6.07, 6.45) is 0.600. The molecule has 0 aromatic rings. The lowest BCUT2D eigenvalue weighted by atomic mass is 10.1. The number of unbranched alkanes of at least 4 members (excludes halogenated alkanes) is 1. The Balaban J connectivity index is 3.77. The molecule has 6 N–H and O–H groups in total. The number of hydrogen-bond acceptors (Lipinski definition) is 8. The molecule has 20 heavy (non-hydrogen) atoms. The SMILES string of the molecule is CC(=NCCCC[C@H](N)C(=O)OC(=O)OCCN)NO. The quantitative estimate of drug-likeness (QED) is 0.117. The van der Waals surface area contributed by atoms with Crippen LogP contribution in [0.15, 0.2) is 4.99 Å². The molecule has 9 heteroatoms. The molecule has 0 saturated carbocycles. The Morgan fingerprint density at radius 3 is 2.70 bits per heavy atom. The highest BCUT2D eigenvalue weighted by atomic mass is 16.7. The van der Waals surface area contributed by atoms with Crippen molar-refractivity contribution in [2.75, 3.05) is 19.7 Å². The van der Waals surface area contributed by atoms with Gasteiger partial charge in [-0.2, -0.15) is 0 Å². The Morgan fingerprint density at radius 2 is 2.10 bits per heavy atom. The van der Waals surface area contributed by atoms with Crippen LogP contribution in [-0.4, -0.2) is 48.9 Å². The van der Waals surface area contributed by atoms with Crippen LogP contribution in [0.5, 0.6) is 0 Å². The van der Waals surface area contributed by atoms with Crippen molar-refractivity contribution >= 4 is 18.0 Å². The highest BCUT2D eigenvalue weighted by Crippen LogP contribution is 2.02. The fourth-order valence-electron chi connectivity index (χ4n) is 1.21. The lowest BCUT2D eigenvalue weighted by molar-refractivity contribution is -0.141. The molecule has 0 amide bonds. The van der Waals surface area contributed by atoms with E-state index in [1.54, 1.807) is 6.92 Å². The normalized spacial score (nSPS) is 12.7. The molecule has 0 aromatic carbocycles. The molecule has 0 bridgehead atoms. The first-order valence-electron chi connectivity index (χ1n) is 6.26. The molecule has 0 fully saturated rings. The summed E-state index contributed by atoms with van der Waals surface area (Å²) in [6, 6.07) is -0.888. The van der Waals surface area contributed by atoms with Crippen LogP contribution in [-0.2, 0) is 14.3 Å². The molecule has 0 aliphatic heterocycles. The second-order valence-electron chi connectivity index (χ2n) is 3.99. The summed E-state index contributed by atoms with van der Waals surface area (Å²) in [7, 11) is 0. The van der Waals surface area contributed by atoms with E-state index in [1.807, 2.05) is 5.48 Å². The molecule has 0 heterocycles. The minimum absolute atomic E-state index is 0.0163. The Kier molecular flexibility index (Phi) is 10.2. The topological polar surface area (TPSA) is 149 Å². The highest BCUT2D eigenvalue weighted by Gasteiger charge is 2.19. The average molecular weight is 290 g/mol. The Morgan fingerprint density at radius 1 is 1.40 bits per heavy atom. The number of aliphatic imine (C=N–C) groups is 1. The lowest BCUT2D eigenvalue weighted by Gasteiger charge is -2.09. The first kappa shape index (κ1) is 18.3. The van der Waals surface area contributed by atoms with Crippen molar-refractivity contribution in [2.45, 2.75) is 32.2 Å². The van der Waals surface area contributed by atoms with Gasteiger partial charge in [0.15, 0.2) is 0 Å². The maximum atomic E-state index is 11.4. The van der Waals surface area contributed by atoms with Gasteiger partial charge in [0.1, 0.15) is 18.5 Å². The third-order valence-corrected chi connectivity index (χ3v) is 2.26. The molecular formula is C11H22N4O5. The van der Waals surface area contributed by atoms with Crippen LogP contribution >= 0.6 is 0 Å². The first-order valence-corrected chi connectivity index (χ1v) is 6.26. The van der Waals surface area contributed by atoms with Crippen LogP contribution in [0, 0.1) is 0 Å². The van der Waals surface area contributed by atoms with Crippen molar-refractivity contribution in [3.8, 4) is 0 Å². The molecule has 0 aromatic heterocycles. The predicted octanol–water partition coefficient (Wildman–Crippen LogP) is -0.480. The lowest BCUT2D eigenvalue weighted by Crippen LogP contribution is -2.34. The van der Waals surface area contributed by atoms with Crippen LogP contribution in [0.4, 0.5) is 4.79 Å². The summed E-state index contributed by atoms with van der Waals surface area (Å²) in [4.78, 5) is 26.3. The monoisotopic (exact) mass is 290 g/mol. The predicted molar refractivity (Wildman–Crippen MR) is 71.2 cm³/mol. The first-order chi connectivity index (χ1) is 9.51. The van der Waals surface area contributed by atoms with Crippen LogP contribution in [0.25, 0.3) is 0 Å². The zero-order valence-electron chi connectivity index (χ0n) is 11.5. The number of rotatable bonds is 8. The smallest absolute Gasteiger partial charge is 0.433 e. The summed E-state index contributed by atoms with van der Waals surface area (Å²) in [5.41, 5.74) is 12.6. The molecular weight excluding hydrogens is 268 g/mol. The number of hydrogen-bond donors (Lipinski definition) is 4. The van der Waals surface area contributed by atoms with E-state index >= 15 is 0 Å². The molecule has 9 nitrogen and oxygen atoms in total. The molecule has 0 aliphatic carbocycles. The van der Waals surface area contributed by atoms with Crippen LogP contribution in [0.2, 0.25) is 0 Å². The average Bonchev–Trinajstić information content (AvgIpc) is 2.43. The Labute approximate surface area is 117 Å². The fraction of sp³-hybridized carbons (Fsp3) is 0.727. The molecule has 116 valence electrons. The van der Waals surface area contributed by atoms with Gasteiger partial charge in [0.25, 0.3) is 0 Å².